The molecule has 0 atom stereocenters. The number of rotatable bonds is 1. The molecule has 0 aromatic heterocycles. The summed E-state index contributed by atoms with van der Waals surface area (Å²) in [5, 5.41) is 0. The highest BCUT2D eigenvalue weighted by atomic mass is 16.5. The van der Waals surface area contributed by atoms with Crippen LogP contribution in [0, 0.1) is 5.92 Å². The first-order chi connectivity index (χ1) is 4.70. The van der Waals surface area contributed by atoms with Crippen LogP contribution in [0.5, 0.6) is 0 Å². The smallest absolute Gasteiger partial charge is 0.186 e. The number of Topliss-reactive ketones (excluding diaryl/α,β-unsaturated/α-hetero) is 1. The second kappa shape index (κ2) is 2.97. The molecular formula is C8H12O2. The fourth-order valence-corrected chi connectivity index (χ4v) is 0.970. The van der Waals surface area contributed by atoms with Crippen LogP contribution in [-0.4, -0.2) is 19.0 Å². The van der Waals surface area contributed by atoms with Gasteiger partial charge in [0.15, 0.2) is 5.78 Å². The highest BCUT2D eigenvalue weighted by Crippen LogP contribution is 2.09. The largest absolute Gasteiger partial charge is 0.369 e. The zero-order valence-electron chi connectivity index (χ0n) is 6.39. The zero-order valence-corrected chi connectivity index (χ0v) is 6.39. The summed E-state index contributed by atoms with van der Waals surface area (Å²) in [5.41, 5.74) is 0.843. The van der Waals surface area contributed by atoms with E-state index >= 15 is 0 Å². The minimum absolute atomic E-state index is 0.147. The van der Waals surface area contributed by atoms with Crippen molar-refractivity contribution in [3.63, 3.8) is 0 Å². The Morgan fingerprint density at radius 3 is 2.60 bits per heavy atom. The van der Waals surface area contributed by atoms with Gasteiger partial charge in [-0.3, -0.25) is 4.79 Å². The lowest BCUT2D eigenvalue weighted by molar-refractivity contribution is -0.115. The van der Waals surface area contributed by atoms with Gasteiger partial charge in [0, 0.05) is 5.57 Å². The van der Waals surface area contributed by atoms with Crippen LogP contribution < -0.4 is 0 Å². The van der Waals surface area contributed by atoms with E-state index in [0.29, 0.717) is 12.5 Å². The van der Waals surface area contributed by atoms with Crippen molar-refractivity contribution >= 4 is 5.78 Å². The van der Waals surface area contributed by atoms with Crippen molar-refractivity contribution in [2.45, 2.75) is 13.8 Å². The molecule has 2 nitrogen and oxygen atoms in total. The van der Waals surface area contributed by atoms with Crippen LogP contribution in [0.25, 0.3) is 0 Å². The number of carbonyl (C=O) groups is 1. The molecule has 0 spiro atoms. The second-order valence-corrected chi connectivity index (χ2v) is 2.85. The molecule has 1 fully saturated rings. The Balaban J connectivity index is 2.62. The molecule has 1 aliphatic heterocycles. The van der Waals surface area contributed by atoms with Crippen molar-refractivity contribution in [2.24, 2.45) is 5.92 Å². The third-order valence-electron chi connectivity index (χ3n) is 1.38. The van der Waals surface area contributed by atoms with Crippen LogP contribution in [-0.2, 0) is 9.53 Å². The lowest BCUT2D eigenvalue weighted by Crippen LogP contribution is -1.99. The first-order valence-corrected chi connectivity index (χ1v) is 3.52. The predicted octanol–water partition coefficient (Wildman–Crippen LogP) is 1.17. The van der Waals surface area contributed by atoms with Crippen LogP contribution in [0.2, 0.25) is 0 Å². The van der Waals surface area contributed by atoms with Gasteiger partial charge < -0.3 is 4.74 Å². The summed E-state index contributed by atoms with van der Waals surface area (Å²) in [4.78, 5) is 10.9. The van der Waals surface area contributed by atoms with Gasteiger partial charge in [-0.2, -0.15) is 0 Å². The molecule has 56 valence electrons. The van der Waals surface area contributed by atoms with E-state index in [2.05, 4.69) is 13.8 Å². The lowest BCUT2D eigenvalue weighted by Gasteiger charge is -1.95. The van der Waals surface area contributed by atoms with E-state index in [1.165, 1.54) is 0 Å². The number of hydrogen-bond donors (Lipinski definition) is 0. The number of carbonyl (C=O) groups excluding carboxylic acids is 1. The SMILES string of the molecule is CC(C)/C=C1\COCC1=O. The molecule has 0 N–H and O–H groups in total. The number of ketones is 1. The maximum atomic E-state index is 10.9. The molecule has 1 saturated heterocycles. The minimum Gasteiger partial charge on any atom is -0.369 e. The number of ether oxygens (including phenoxy) is 1. The summed E-state index contributed by atoms with van der Waals surface area (Å²) in [7, 11) is 0. The van der Waals surface area contributed by atoms with Crippen molar-refractivity contribution < 1.29 is 9.53 Å². The van der Waals surface area contributed by atoms with Crippen LogP contribution in [0.3, 0.4) is 0 Å². The summed E-state index contributed by atoms with van der Waals surface area (Å²) in [6.45, 7) is 4.90. The number of hydrogen-bond acceptors (Lipinski definition) is 2. The van der Waals surface area contributed by atoms with E-state index in [9.17, 15) is 4.79 Å². The van der Waals surface area contributed by atoms with Crippen molar-refractivity contribution in [1.82, 2.24) is 0 Å². The quantitative estimate of drug-likeness (QED) is 0.511. The first-order valence-electron chi connectivity index (χ1n) is 3.52. The van der Waals surface area contributed by atoms with Gasteiger partial charge >= 0.3 is 0 Å². The molecule has 1 rings (SSSR count). The molecule has 0 radical (unpaired) electrons. The Morgan fingerprint density at radius 1 is 1.50 bits per heavy atom. The van der Waals surface area contributed by atoms with Gasteiger partial charge in [-0.25, -0.2) is 0 Å². The third-order valence-corrected chi connectivity index (χ3v) is 1.38. The second-order valence-electron chi connectivity index (χ2n) is 2.85. The average Bonchev–Trinajstić information content (AvgIpc) is 2.15. The molecule has 0 amide bonds. The summed E-state index contributed by atoms with van der Waals surface area (Å²) >= 11 is 0. The molecule has 10 heavy (non-hydrogen) atoms. The van der Waals surface area contributed by atoms with E-state index in [4.69, 9.17) is 4.74 Å². The van der Waals surface area contributed by atoms with Crippen molar-refractivity contribution in [1.29, 1.82) is 0 Å². The van der Waals surface area contributed by atoms with Gasteiger partial charge in [0.2, 0.25) is 0 Å². The van der Waals surface area contributed by atoms with E-state index in [-0.39, 0.29) is 12.4 Å². The van der Waals surface area contributed by atoms with Crippen molar-refractivity contribution in [2.75, 3.05) is 13.2 Å². The Kier molecular flexibility index (Phi) is 2.22. The summed E-state index contributed by atoms with van der Waals surface area (Å²) < 4.78 is 4.95. The first kappa shape index (κ1) is 7.48. The van der Waals surface area contributed by atoms with Gasteiger partial charge in [-0.05, 0) is 5.92 Å². The monoisotopic (exact) mass is 140 g/mol. The van der Waals surface area contributed by atoms with E-state index in [1.54, 1.807) is 0 Å². The topological polar surface area (TPSA) is 26.3 Å². The lowest BCUT2D eigenvalue weighted by atomic mass is 10.1. The van der Waals surface area contributed by atoms with Crippen molar-refractivity contribution in [3.8, 4) is 0 Å². The maximum Gasteiger partial charge on any atom is 0.186 e. The molecule has 0 aliphatic carbocycles. The van der Waals surface area contributed by atoms with Gasteiger partial charge in [0.25, 0.3) is 0 Å². The molecule has 1 heterocycles. The summed E-state index contributed by atoms with van der Waals surface area (Å²) in [6.07, 6.45) is 1.97. The van der Waals surface area contributed by atoms with Crippen LogP contribution in [0.15, 0.2) is 11.6 Å². The average molecular weight is 140 g/mol. The molecule has 1 aliphatic rings. The molecular weight excluding hydrogens is 128 g/mol. The highest BCUT2D eigenvalue weighted by molar-refractivity contribution is 5.98. The third kappa shape index (κ3) is 1.67. The molecule has 0 aromatic rings. The van der Waals surface area contributed by atoms with Crippen LogP contribution in [0.1, 0.15) is 13.8 Å². The Hall–Kier alpha value is -0.630. The predicted molar refractivity (Wildman–Crippen MR) is 38.7 cm³/mol. The van der Waals surface area contributed by atoms with Crippen LogP contribution >= 0.6 is 0 Å². The normalized spacial score (nSPS) is 23.1. The van der Waals surface area contributed by atoms with Gasteiger partial charge in [0.1, 0.15) is 6.61 Å². The van der Waals surface area contributed by atoms with Crippen LogP contribution in [0.4, 0.5) is 0 Å². The fraction of sp³-hybridized carbons (Fsp3) is 0.625. The van der Waals surface area contributed by atoms with Crippen molar-refractivity contribution in [3.05, 3.63) is 11.6 Å². The standard InChI is InChI=1S/C8H12O2/c1-6(2)3-7-4-10-5-8(7)9/h3,6H,4-5H2,1-2H3/b7-3+. The fourth-order valence-electron chi connectivity index (χ4n) is 0.970. The minimum atomic E-state index is 0.147. The molecule has 0 aromatic carbocycles. The van der Waals surface area contributed by atoms with Gasteiger partial charge in [0.05, 0.1) is 6.61 Å². The maximum absolute atomic E-state index is 10.9. The summed E-state index contributed by atoms with van der Waals surface area (Å²) in [5.74, 6) is 0.592. The zero-order chi connectivity index (χ0) is 7.56. The summed E-state index contributed by atoms with van der Waals surface area (Å²) in [6, 6.07) is 0. The Bertz CT molecular complexity index is 168. The highest BCUT2D eigenvalue weighted by Gasteiger charge is 2.16. The van der Waals surface area contributed by atoms with E-state index in [1.807, 2.05) is 6.08 Å². The van der Waals surface area contributed by atoms with E-state index in [0.717, 1.165) is 5.57 Å². The van der Waals surface area contributed by atoms with Gasteiger partial charge in [-0.15, -0.1) is 0 Å². The molecule has 0 unspecified atom stereocenters. The Morgan fingerprint density at radius 2 is 2.20 bits per heavy atom. The number of allylic oxidation sites excluding steroid dienone is 1. The van der Waals surface area contributed by atoms with Gasteiger partial charge in [-0.1, -0.05) is 19.9 Å². The molecule has 0 bridgehead atoms. The van der Waals surface area contributed by atoms with E-state index < -0.39 is 0 Å². The molecule has 2 heteroatoms. The Labute approximate surface area is 60.9 Å². The molecule has 0 saturated carbocycles.